The molecule has 0 aromatic carbocycles. The van der Waals surface area contributed by atoms with Gasteiger partial charge in [-0.2, -0.15) is 0 Å². The zero-order valence-corrected chi connectivity index (χ0v) is 11.4. The van der Waals surface area contributed by atoms with Gasteiger partial charge in [-0.1, -0.05) is 33.6 Å². The van der Waals surface area contributed by atoms with E-state index in [1.165, 1.54) is 0 Å². The maximum atomic E-state index is 5.78. The fraction of sp³-hybridized carbons (Fsp3) is 1.00. The third-order valence-corrected chi connectivity index (χ3v) is 2.94. The Labute approximate surface area is 105 Å². The number of nitrogens with two attached hydrogens (primary N) is 2. The summed E-state index contributed by atoms with van der Waals surface area (Å²) in [6.07, 6.45) is 4.43. The van der Waals surface area contributed by atoms with Gasteiger partial charge in [-0.05, 0) is 18.3 Å². The van der Waals surface area contributed by atoms with Crippen LogP contribution in [0, 0.1) is 5.41 Å². The molecule has 5 nitrogen and oxygen atoms in total. The largest absolute Gasteiger partial charge is 0.373 e. The summed E-state index contributed by atoms with van der Waals surface area (Å²) in [6, 6.07) is 0. The fourth-order valence-corrected chi connectivity index (χ4v) is 2.15. The van der Waals surface area contributed by atoms with Gasteiger partial charge in [0.1, 0.15) is 6.10 Å². The molecular formula is C12H28N2O3. The Bertz CT molecular complexity index is 167. The first-order chi connectivity index (χ1) is 8.11. The van der Waals surface area contributed by atoms with Crippen LogP contribution in [0.1, 0.15) is 46.5 Å². The lowest BCUT2D eigenvalue weighted by Crippen LogP contribution is -2.33. The molecule has 0 unspecified atom stereocenters. The van der Waals surface area contributed by atoms with Crippen LogP contribution in [0.25, 0.3) is 0 Å². The zero-order chi connectivity index (χ0) is 13.1. The number of hydrogen-bond donors (Lipinski definition) is 2. The lowest BCUT2D eigenvalue weighted by Gasteiger charge is -2.30. The quantitative estimate of drug-likeness (QED) is 0.545. The van der Waals surface area contributed by atoms with E-state index in [4.69, 9.17) is 16.5 Å². The number of ether oxygens (including phenoxy) is 1. The second-order valence-corrected chi connectivity index (χ2v) is 4.91. The molecule has 0 aromatic heterocycles. The molecule has 0 heterocycles. The van der Waals surface area contributed by atoms with Crippen molar-refractivity contribution >= 4 is 0 Å². The van der Waals surface area contributed by atoms with E-state index in [1.807, 2.05) is 0 Å². The molecule has 4 N–H and O–H groups in total. The summed E-state index contributed by atoms with van der Waals surface area (Å²) < 4.78 is 5.78. The summed E-state index contributed by atoms with van der Waals surface area (Å²) in [6.45, 7) is 7.92. The maximum Gasteiger partial charge on any atom is 0.108 e. The molecule has 0 saturated carbocycles. The Morgan fingerprint density at radius 2 is 1.47 bits per heavy atom. The van der Waals surface area contributed by atoms with Crippen LogP contribution in [0.3, 0.4) is 0 Å². The molecule has 0 amide bonds. The Balaban J connectivity index is 4.14. The fourth-order valence-electron chi connectivity index (χ4n) is 2.15. The average Bonchev–Trinajstić information content (AvgIpc) is 2.27. The lowest BCUT2D eigenvalue weighted by atomic mass is 9.82. The first-order valence-corrected chi connectivity index (χ1v) is 6.36. The van der Waals surface area contributed by atoms with E-state index in [1.54, 1.807) is 0 Å². The summed E-state index contributed by atoms with van der Waals surface area (Å²) in [5, 5.41) is 0. The van der Waals surface area contributed by atoms with E-state index < -0.39 is 0 Å². The first kappa shape index (κ1) is 16.8. The molecular weight excluding hydrogens is 220 g/mol. The van der Waals surface area contributed by atoms with Gasteiger partial charge in [0, 0.05) is 0 Å². The Morgan fingerprint density at radius 3 is 1.82 bits per heavy atom. The highest BCUT2D eigenvalue weighted by Gasteiger charge is 2.24. The van der Waals surface area contributed by atoms with Crippen LogP contribution in [-0.4, -0.2) is 25.9 Å². The average molecular weight is 248 g/mol. The van der Waals surface area contributed by atoms with Crippen molar-refractivity contribution in [2.75, 3.05) is 19.8 Å². The molecule has 0 radical (unpaired) electrons. The summed E-state index contributed by atoms with van der Waals surface area (Å²) in [4.78, 5) is 9.16. The van der Waals surface area contributed by atoms with E-state index in [0.717, 1.165) is 25.7 Å². The van der Waals surface area contributed by atoms with Gasteiger partial charge in [0.15, 0.2) is 0 Å². The van der Waals surface area contributed by atoms with Crippen molar-refractivity contribution in [3.05, 3.63) is 0 Å². The minimum Gasteiger partial charge on any atom is -0.373 e. The molecule has 0 fully saturated rings. The van der Waals surface area contributed by atoms with Gasteiger partial charge < -0.3 is 14.4 Å². The smallest absolute Gasteiger partial charge is 0.108 e. The Hall–Kier alpha value is -0.200. The van der Waals surface area contributed by atoms with Crippen molar-refractivity contribution in [3.8, 4) is 0 Å². The van der Waals surface area contributed by atoms with Gasteiger partial charge in [0.2, 0.25) is 0 Å². The van der Waals surface area contributed by atoms with Gasteiger partial charge in [0.25, 0.3) is 0 Å². The third kappa shape index (κ3) is 7.68. The van der Waals surface area contributed by atoms with Gasteiger partial charge in [-0.15, -0.1) is 0 Å². The van der Waals surface area contributed by atoms with Gasteiger partial charge in [0.05, 0.1) is 19.8 Å². The molecule has 0 spiro atoms. The highest BCUT2D eigenvalue weighted by atomic mass is 16.6. The molecule has 0 saturated heterocycles. The predicted molar refractivity (Wildman–Crippen MR) is 67.9 cm³/mol. The van der Waals surface area contributed by atoms with E-state index in [-0.39, 0.29) is 11.5 Å². The highest BCUT2D eigenvalue weighted by molar-refractivity contribution is 4.74. The standard InChI is InChI=1S/C12H28N2O3/c1-4-6-12(3,7-5-2)10-15-11(8-16-13)9-17-14/h11H,4-10,13-14H2,1-3H3. The van der Waals surface area contributed by atoms with Crippen molar-refractivity contribution < 1.29 is 14.4 Å². The van der Waals surface area contributed by atoms with Crippen LogP contribution in [0.5, 0.6) is 0 Å². The highest BCUT2D eigenvalue weighted by Crippen LogP contribution is 2.29. The van der Waals surface area contributed by atoms with Gasteiger partial charge >= 0.3 is 0 Å². The molecule has 0 aromatic rings. The van der Waals surface area contributed by atoms with E-state index in [2.05, 4.69) is 30.4 Å². The van der Waals surface area contributed by atoms with Crippen molar-refractivity contribution in [1.82, 2.24) is 0 Å². The maximum absolute atomic E-state index is 5.78. The van der Waals surface area contributed by atoms with E-state index >= 15 is 0 Å². The third-order valence-electron chi connectivity index (χ3n) is 2.94. The van der Waals surface area contributed by atoms with Crippen molar-refractivity contribution in [2.24, 2.45) is 17.2 Å². The molecule has 104 valence electrons. The van der Waals surface area contributed by atoms with Crippen LogP contribution in [0.2, 0.25) is 0 Å². The molecule has 0 rings (SSSR count). The van der Waals surface area contributed by atoms with Crippen LogP contribution < -0.4 is 11.8 Å². The number of hydrogen-bond acceptors (Lipinski definition) is 5. The van der Waals surface area contributed by atoms with Crippen LogP contribution >= 0.6 is 0 Å². The summed E-state index contributed by atoms with van der Waals surface area (Å²) >= 11 is 0. The van der Waals surface area contributed by atoms with Gasteiger partial charge in [-0.3, -0.25) is 0 Å². The summed E-state index contributed by atoms with van der Waals surface area (Å²) in [5.41, 5.74) is 0.213. The van der Waals surface area contributed by atoms with Crippen molar-refractivity contribution in [1.29, 1.82) is 0 Å². The van der Waals surface area contributed by atoms with Crippen molar-refractivity contribution in [2.45, 2.75) is 52.6 Å². The molecule has 0 bridgehead atoms. The second kappa shape index (κ2) is 9.79. The van der Waals surface area contributed by atoms with Crippen LogP contribution in [-0.2, 0) is 14.4 Å². The first-order valence-electron chi connectivity index (χ1n) is 6.36. The molecule has 0 aliphatic rings. The Morgan fingerprint density at radius 1 is 1.00 bits per heavy atom. The monoisotopic (exact) mass is 248 g/mol. The molecule has 0 aliphatic carbocycles. The van der Waals surface area contributed by atoms with Gasteiger partial charge in [-0.25, -0.2) is 11.8 Å². The Kier molecular flexibility index (Phi) is 9.68. The van der Waals surface area contributed by atoms with E-state index in [0.29, 0.717) is 19.8 Å². The molecule has 5 heteroatoms. The summed E-state index contributed by atoms with van der Waals surface area (Å²) in [7, 11) is 0. The molecule has 17 heavy (non-hydrogen) atoms. The number of rotatable bonds is 11. The second-order valence-electron chi connectivity index (χ2n) is 4.91. The minimum atomic E-state index is -0.196. The van der Waals surface area contributed by atoms with Crippen LogP contribution in [0.4, 0.5) is 0 Å². The topological polar surface area (TPSA) is 79.7 Å². The van der Waals surface area contributed by atoms with Crippen molar-refractivity contribution in [3.63, 3.8) is 0 Å². The SMILES string of the molecule is CCCC(C)(CCC)COC(CON)CON. The predicted octanol–water partition coefficient (Wildman–Crippen LogP) is 1.76. The molecule has 0 atom stereocenters. The van der Waals surface area contributed by atoms with E-state index in [9.17, 15) is 0 Å². The normalized spacial score (nSPS) is 12.4. The minimum absolute atomic E-state index is 0.196. The lowest BCUT2D eigenvalue weighted by molar-refractivity contribution is -0.0862. The van der Waals surface area contributed by atoms with Crippen LogP contribution in [0.15, 0.2) is 0 Å². The molecule has 0 aliphatic heterocycles. The zero-order valence-electron chi connectivity index (χ0n) is 11.4. The summed E-state index contributed by atoms with van der Waals surface area (Å²) in [5.74, 6) is 10.1.